The second kappa shape index (κ2) is 9.09. The van der Waals surface area contributed by atoms with Crippen molar-refractivity contribution in [3.63, 3.8) is 0 Å². The average Bonchev–Trinajstić information content (AvgIpc) is 3.00. The Balaban J connectivity index is 2.19. The Kier molecular flexibility index (Phi) is 7.23. The molecule has 2 amide bonds. The van der Waals surface area contributed by atoms with Crippen LogP contribution in [0.25, 0.3) is 0 Å². The van der Waals surface area contributed by atoms with E-state index in [4.69, 9.17) is 14.9 Å². The Morgan fingerprint density at radius 1 is 1.41 bits per heavy atom. The molecule has 2 N–H and O–H groups in total. The maximum absolute atomic E-state index is 12.6. The van der Waals surface area contributed by atoms with Crippen LogP contribution in [0.15, 0.2) is 31.0 Å². The van der Waals surface area contributed by atoms with E-state index in [0.717, 1.165) is 5.56 Å². The van der Waals surface area contributed by atoms with Gasteiger partial charge in [-0.15, -0.1) is 0 Å². The normalized spacial score (nSPS) is 19.8. The van der Waals surface area contributed by atoms with E-state index in [2.05, 4.69) is 45.4 Å². The monoisotopic (exact) mass is 419 g/mol. The number of likely N-dealkylation sites (tertiary alicyclic amines) is 1. The van der Waals surface area contributed by atoms with Crippen molar-refractivity contribution in [2.45, 2.75) is 63.9 Å². The maximum Gasteiger partial charge on any atom is 0.410 e. The van der Waals surface area contributed by atoms with Crippen LogP contribution in [0.1, 0.15) is 43.2 Å². The Bertz CT molecular complexity index is 761. The summed E-state index contributed by atoms with van der Waals surface area (Å²) < 4.78 is 11.8. The van der Waals surface area contributed by atoms with Crippen molar-refractivity contribution in [2.24, 2.45) is 5.73 Å². The fraction of sp³-hybridized carbons (Fsp3) is 0.571. The molecule has 8 heteroatoms. The van der Waals surface area contributed by atoms with E-state index in [9.17, 15) is 9.59 Å². The summed E-state index contributed by atoms with van der Waals surface area (Å²) >= 11 is 0. The third-order valence-corrected chi connectivity index (χ3v) is 10.3. The zero-order valence-electron chi connectivity index (χ0n) is 18.1. The van der Waals surface area contributed by atoms with Gasteiger partial charge in [0, 0.05) is 18.8 Å². The summed E-state index contributed by atoms with van der Waals surface area (Å²) in [6.45, 7) is 15.3. The number of nitrogens with two attached hydrogens (primary N) is 1. The zero-order chi connectivity index (χ0) is 21.8. The molecule has 29 heavy (non-hydrogen) atoms. The number of pyridine rings is 1. The lowest BCUT2D eigenvalue weighted by Gasteiger charge is -2.38. The number of hydrogen-bond acceptors (Lipinski definition) is 5. The highest BCUT2D eigenvalue weighted by Gasteiger charge is 2.44. The number of primary amides is 1. The van der Waals surface area contributed by atoms with Gasteiger partial charge in [0.25, 0.3) is 5.91 Å². The van der Waals surface area contributed by atoms with Gasteiger partial charge in [0.15, 0.2) is 8.32 Å². The second-order valence-corrected chi connectivity index (χ2v) is 13.8. The zero-order valence-corrected chi connectivity index (χ0v) is 19.1. The van der Waals surface area contributed by atoms with Gasteiger partial charge in [-0.05, 0) is 48.7 Å². The van der Waals surface area contributed by atoms with Crippen molar-refractivity contribution in [1.29, 1.82) is 0 Å². The lowest BCUT2D eigenvalue weighted by molar-refractivity contribution is 0.0992. The summed E-state index contributed by atoms with van der Waals surface area (Å²) in [5.74, 6) is -0.570. The number of hydrogen-bond donors (Lipinski definition) is 1. The fourth-order valence-electron chi connectivity index (χ4n) is 3.19. The molecule has 2 rings (SSSR count). The van der Waals surface area contributed by atoms with Crippen molar-refractivity contribution < 1.29 is 18.8 Å². The van der Waals surface area contributed by atoms with Crippen LogP contribution >= 0.6 is 0 Å². The van der Waals surface area contributed by atoms with E-state index in [1.54, 1.807) is 23.2 Å². The van der Waals surface area contributed by atoms with Crippen LogP contribution < -0.4 is 5.73 Å². The van der Waals surface area contributed by atoms with Gasteiger partial charge in [0.05, 0.1) is 6.10 Å². The van der Waals surface area contributed by atoms with Crippen LogP contribution in [0.2, 0.25) is 18.1 Å². The Morgan fingerprint density at radius 3 is 2.69 bits per heavy atom. The average molecular weight is 420 g/mol. The number of amides is 2. The molecule has 0 radical (unpaired) electrons. The van der Waals surface area contributed by atoms with E-state index in [1.165, 1.54) is 0 Å². The molecule has 160 valence electrons. The third kappa shape index (κ3) is 5.90. The first kappa shape index (κ1) is 23.1. The van der Waals surface area contributed by atoms with E-state index in [0.29, 0.717) is 19.4 Å². The first-order valence-electron chi connectivity index (χ1n) is 9.91. The Hall–Kier alpha value is -2.19. The summed E-state index contributed by atoms with van der Waals surface area (Å²) in [6.07, 6.45) is 3.98. The first-order chi connectivity index (χ1) is 13.4. The molecule has 0 aliphatic carbocycles. The largest absolute Gasteiger partial charge is 0.445 e. The number of carbonyl (C=O) groups is 2. The molecule has 2 heterocycles. The minimum Gasteiger partial charge on any atom is -0.445 e. The van der Waals surface area contributed by atoms with Gasteiger partial charge in [-0.2, -0.15) is 0 Å². The minimum absolute atomic E-state index is 0.0466. The van der Waals surface area contributed by atoms with Crippen LogP contribution in [0, 0.1) is 0 Å². The van der Waals surface area contributed by atoms with Crippen LogP contribution in [0.5, 0.6) is 0 Å². The molecule has 1 aromatic heterocycles. The highest BCUT2D eigenvalue weighted by molar-refractivity contribution is 6.74. The predicted molar refractivity (Wildman–Crippen MR) is 115 cm³/mol. The molecule has 0 bridgehead atoms. The summed E-state index contributed by atoms with van der Waals surface area (Å²) in [4.78, 5) is 29.8. The molecule has 1 fully saturated rings. The molecule has 1 aliphatic heterocycles. The van der Waals surface area contributed by atoms with Crippen LogP contribution in [0.3, 0.4) is 0 Å². The van der Waals surface area contributed by atoms with Gasteiger partial charge in [-0.25, -0.2) is 4.79 Å². The van der Waals surface area contributed by atoms with Gasteiger partial charge >= 0.3 is 6.09 Å². The van der Waals surface area contributed by atoms with Crippen LogP contribution in [-0.2, 0) is 15.6 Å². The highest BCUT2D eigenvalue weighted by atomic mass is 28.4. The molecular weight excluding hydrogens is 386 g/mol. The van der Waals surface area contributed by atoms with Crippen molar-refractivity contribution in [1.82, 2.24) is 9.88 Å². The number of aromatic nitrogens is 1. The SMILES string of the molecule is C=CCOC(=O)N1CC(O[Si](C)(C)C(C)(C)C)CC1Cc1ccnc(C(N)=O)c1. The molecule has 1 saturated heterocycles. The topological polar surface area (TPSA) is 94.8 Å². The van der Waals surface area contributed by atoms with Gasteiger partial charge < -0.3 is 19.8 Å². The Labute approximate surface area is 174 Å². The van der Waals surface area contributed by atoms with Gasteiger partial charge in [-0.1, -0.05) is 33.4 Å². The van der Waals surface area contributed by atoms with Crippen molar-refractivity contribution in [2.75, 3.05) is 13.2 Å². The number of carbonyl (C=O) groups excluding carboxylic acids is 2. The minimum atomic E-state index is -1.97. The van der Waals surface area contributed by atoms with Crippen LogP contribution in [-0.4, -0.2) is 55.5 Å². The number of rotatable bonds is 7. The van der Waals surface area contributed by atoms with E-state index < -0.39 is 14.2 Å². The lowest BCUT2D eigenvalue weighted by Crippen LogP contribution is -2.44. The fourth-order valence-corrected chi connectivity index (χ4v) is 4.55. The quantitative estimate of drug-likeness (QED) is 0.539. The molecule has 0 spiro atoms. The van der Waals surface area contributed by atoms with Gasteiger partial charge in [0.2, 0.25) is 0 Å². The van der Waals surface area contributed by atoms with E-state index in [-0.39, 0.29) is 35.6 Å². The van der Waals surface area contributed by atoms with Crippen molar-refractivity contribution in [3.05, 3.63) is 42.2 Å². The maximum atomic E-state index is 12.6. The van der Waals surface area contributed by atoms with Crippen molar-refractivity contribution in [3.8, 4) is 0 Å². The number of nitrogens with zero attached hydrogens (tertiary/aromatic N) is 2. The third-order valence-electron chi connectivity index (χ3n) is 5.75. The van der Waals surface area contributed by atoms with Crippen molar-refractivity contribution >= 4 is 20.3 Å². The lowest BCUT2D eigenvalue weighted by atomic mass is 10.0. The molecule has 2 unspecified atom stereocenters. The molecule has 0 aromatic carbocycles. The van der Waals surface area contributed by atoms with E-state index in [1.807, 2.05) is 6.07 Å². The first-order valence-corrected chi connectivity index (χ1v) is 12.8. The smallest absolute Gasteiger partial charge is 0.410 e. The summed E-state index contributed by atoms with van der Waals surface area (Å²) in [6, 6.07) is 3.42. The van der Waals surface area contributed by atoms with Gasteiger partial charge in [0.1, 0.15) is 12.3 Å². The summed E-state index contributed by atoms with van der Waals surface area (Å²) in [7, 11) is -1.97. The molecule has 1 aromatic rings. The molecule has 0 saturated carbocycles. The molecule has 7 nitrogen and oxygen atoms in total. The van der Waals surface area contributed by atoms with Gasteiger partial charge in [-0.3, -0.25) is 9.78 Å². The molecule has 2 atom stereocenters. The molecule has 1 aliphatic rings. The second-order valence-electron chi connectivity index (χ2n) is 9.03. The van der Waals surface area contributed by atoms with E-state index >= 15 is 0 Å². The molecular formula is C21H33N3O4Si. The van der Waals surface area contributed by atoms with Crippen LogP contribution in [0.4, 0.5) is 4.79 Å². The summed E-state index contributed by atoms with van der Waals surface area (Å²) in [5.41, 5.74) is 6.46. The standard InChI is InChI=1S/C21H33N3O4Si/c1-7-10-27-20(26)24-14-17(28-29(5,6)21(2,3)4)13-16(24)11-15-8-9-23-18(12-15)19(22)25/h7-9,12,16-17H,1,10-11,13-14H2,2-6H3,(H2,22,25). The Morgan fingerprint density at radius 2 is 2.10 bits per heavy atom. The highest BCUT2D eigenvalue weighted by Crippen LogP contribution is 2.39. The predicted octanol–water partition coefficient (Wildman–Crippen LogP) is 3.51. The number of ether oxygens (including phenoxy) is 1. The summed E-state index contributed by atoms with van der Waals surface area (Å²) in [5, 5.41) is 0.0841.